The summed E-state index contributed by atoms with van der Waals surface area (Å²) in [7, 11) is 1.95. The van der Waals surface area contributed by atoms with Crippen LogP contribution in [-0.4, -0.2) is 29.8 Å². The second kappa shape index (κ2) is 7.40. The molecule has 1 aromatic rings. The Kier molecular flexibility index (Phi) is 6.15. The van der Waals surface area contributed by atoms with Crippen LogP contribution in [0.15, 0.2) is 4.52 Å². The van der Waals surface area contributed by atoms with Gasteiger partial charge in [0.25, 0.3) is 0 Å². The second-order valence-electron chi connectivity index (χ2n) is 4.19. The Morgan fingerprint density at radius 3 is 2.76 bits per heavy atom. The average Bonchev–Trinajstić information content (AvgIpc) is 2.79. The van der Waals surface area contributed by atoms with Crippen molar-refractivity contribution in [2.45, 2.75) is 52.2 Å². The van der Waals surface area contributed by atoms with Gasteiger partial charge in [0.2, 0.25) is 5.89 Å². The van der Waals surface area contributed by atoms with Gasteiger partial charge in [0, 0.05) is 12.6 Å². The van der Waals surface area contributed by atoms with E-state index in [1.165, 1.54) is 0 Å². The summed E-state index contributed by atoms with van der Waals surface area (Å²) in [6.45, 7) is 7.46. The summed E-state index contributed by atoms with van der Waals surface area (Å²) in [5, 5.41) is 7.17. The number of nitrogens with one attached hydrogen (secondary N) is 1. The van der Waals surface area contributed by atoms with E-state index in [9.17, 15) is 0 Å². The Morgan fingerprint density at radius 2 is 2.18 bits per heavy atom. The summed E-state index contributed by atoms with van der Waals surface area (Å²) in [6.07, 6.45) is 2.03. The van der Waals surface area contributed by atoms with Crippen molar-refractivity contribution in [1.82, 2.24) is 15.5 Å². The van der Waals surface area contributed by atoms with Crippen molar-refractivity contribution in [3.05, 3.63) is 11.7 Å². The van der Waals surface area contributed by atoms with Gasteiger partial charge in [-0.1, -0.05) is 25.9 Å². The van der Waals surface area contributed by atoms with E-state index in [0.717, 1.165) is 19.4 Å². The average molecular weight is 241 g/mol. The third-order valence-electron chi connectivity index (χ3n) is 2.87. The lowest BCUT2D eigenvalue weighted by molar-refractivity contribution is 0.114. The first-order valence-corrected chi connectivity index (χ1v) is 6.30. The van der Waals surface area contributed by atoms with E-state index in [2.05, 4.69) is 36.2 Å². The van der Waals surface area contributed by atoms with Crippen molar-refractivity contribution in [2.24, 2.45) is 0 Å². The summed E-state index contributed by atoms with van der Waals surface area (Å²) in [6, 6.07) is 0.361. The maximum atomic E-state index is 5.37. The molecule has 0 aromatic carbocycles. The highest BCUT2D eigenvalue weighted by Gasteiger charge is 2.21. The first kappa shape index (κ1) is 14.1. The van der Waals surface area contributed by atoms with Crippen molar-refractivity contribution in [2.75, 3.05) is 13.7 Å². The number of rotatable bonds is 8. The van der Waals surface area contributed by atoms with Gasteiger partial charge in [-0.25, -0.2) is 0 Å². The van der Waals surface area contributed by atoms with E-state index >= 15 is 0 Å². The highest BCUT2D eigenvalue weighted by atomic mass is 16.5. The molecule has 0 bridgehead atoms. The number of aromatic nitrogens is 2. The minimum absolute atomic E-state index is 0.220. The van der Waals surface area contributed by atoms with Crippen molar-refractivity contribution < 1.29 is 9.26 Å². The van der Waals surface area contributed by atoms with Crippen LogP contribution in [0, 0.1) is 0 Å². The van der Waals surface area contributed by atoms with E-state index < -0.39 is 0 Å². The Balaban J connectivity index is 2.54. The van der Waals surface area contributed by atoms with Gasteiger partial charge in [-0.05, 0) is 19.9 Å². The minimum atomic E-state index is 0.220. The molecule has 1 N–H and O–H groups in total. The topological polar surface area (TPSA) is 60.2 Å². The minimum Gasteiger partial charge on any atom is -0.373 e. The summed E-state index contributed by atoms with van der Waals surface area (Å²) in [5.41, 5.74) is 0. The maximum absolute atomic E-state index is 5.37. The fourth-order valence-corrected chi connectivity index (χ4v) is 1.80. The number of likely N-dealkylation sites (N-methyl/N-ethyl adjacent to an activating group) is 1. The standard InChI is InChI=1S/C12H23N3O2/c1-5-7-16-8-11-14-12(17-15-11)9(3)10(6-2)13-4/h9-10,13H,5-8H2,1-4H3. The zero-order valence-corrected chi connectivity index (χ0v) is 11.2. The van der Waals surface area contributed by atoms with Gasteiger partial charge in [-0.3, -0.25) is 0 Å². The number of nitrogens with zero attached hydrogens (tertiary/aromatic N) is 2. The molecule has 1 heterocycles. The number of hydrogen-bond acceptors (Lipinski definition) is 5. The predicted octanol–water partition coefficient (Wildman–Crippen LogP) is 2.10. The van der Waals surface area contributed by atoms with Crippen LogP contribution in [0.3, 0.4) is 0 Å². The molecule has 5 heteroatoms. The van der Waals surface area contributed by atoms with Crippen LogP contribution in [0.2, 0.25) is 0 Å². The molecule has 98 valence electrons. The smallest absolute Gasteiger partial charge is 0.231 e. The van der Waals surface area contributed by atoms with Crippen LogP contribution in [-0.2, 0) is 11.3 Å². The molecular formula is C12H23N3O2. The normalized spacial score (nSPS) is 14.8. The fourth-order valence-electron chi connectivity index (χ4n) is 1.80. The van der Waals surface area contributed by atoms with E-state index in [1.54, 1.807) is 0 Å². The van der Waals surface area contributed by atoms with Crippen LogP contribution in [0.4, 0.5) is 0 Å². The Morgan fingerprint density at radius 1 is 1.41 bits per heavy atom. The largest absolute Gasteiger partial charge is 0.373 e. The van der Waals surface area contributed by atoms with E-state index in [1.807, 2.05) is 7.05 Å². The predicted molar refractivity (Wildman–Crippen MR) is 65.8 cm³/mol. The van der Waals surface area contributed by atoms with E-state index in [-0.39, 0.29) is 5.92 Å². The molecule has 2 atom stereocenters. The molecule has 1 rings (SSSR count). The Labute approximate surface area is 103 Å². The fraction of sp³-hybridized carbons (Fsp3) is 0.833. The van der Waals surface area contributed by atoms with Crippen LogP contribution in [0.25, 0.3) is 0 Å². The lowest BCUT2D eigenvalue weighted by Gasteiger charge is -2.18. The van der Waals surface area contributed by atoms with Gasteiger partial charge in [0.15, 0.2) is 5.82 Å². The quantitative estimate of drug-likeness (QED) is 0.706. The van der Waals surface area contributed by atoms with Gasteiger partial charge in [-0.2, -0.15) is 4.98 Å². The molecule has 0 fully saturated rings. The molecule has 0 spiro atoms. The van der Waals surface area contributed by atoms with Gasteiger partial charge in [0.1, 0.15) is 6.61 Å². The van der Waals surface area contributed by atoms with Crippen molar-refractivity contribution in [3.8, 4) is 0 Å². The van der Waals surface area contributed by atoms with Crippen LogP contribution in [0.5, 0.6) is 0 Å². The molecule has 0 radical (unpaired) electrons. The third kappa shape index (κ3) is 4.09. The van der Waals surface area contributed by atoms with Gasteiger partial charge in [-0.15, -0.1) is 0 Å². The lowest BCUT2D eigenvalue weighted by atomic mass is 10.00. The molecule has 0 aliphatic heterocycles. The molecular weight excluding hydrogens is 218 g/mol. The zero-order chi connectivity index (χ0) is 12.7. The Bertz CT molecular complexity index is 310. The molecule has 1 aromatic heterocycles. The highest BCUT2D eigenvalue weighted by Crippen LogP contribution is 2.19. The third-order valence-corrected chi connectivity index (χ3v) is 2.87. The molecule has 17 heavy (non-hydrogen) atoms. The summed E-state index contributed by atoms with van der Waals surface area (Å²) < 4.78 is 10.6. The lowest BCUT2D eigenvalue weighted by Crippen LogP contribution is -2.30. The number of ether oxygens (including phenoxy) is 1. The molecule has 2 unspecified atom stereocenters. The van der Waals surface area contributed by atoms with Crippen molar-refractivity contribution in [3.63, 3.8) is 0 Å². The molecule has 0 amide bonds. The van der Waals surface area contributed by atoms with Gasteiger partial charge in [0.05, 0.1) is 5.92 Å². The summed E-state index contributed by atoms with van der Waals surface area (Å²) in [4.78, 5) is 4.36. The molecule has 5 nitrogen and oxygen atoms in total. The van der Waals surface area contributed by atoms with Crippen LogP contribution >= 0.6 is 0 Å². The van der Waals surface area contributed by atoms with Crippen LogP contribution in [0.1, 0.15) is 51.2 Å². The summed E-state index contributed by atoms with van der Waals surface area (Å²) >= 11 is 0. The summed E-state index contributed by atoms with van der Waals surface area (Å²) in [5.74, 6) is 1.53. The number of hydrogen-bond donors (Lipinski definition) is 1. The van der Waals surface area contributed by atoms with Gasteiger partial charge < -0.3 is 14.6 Å². The Hall–Kier alpha value is -0.940. The molecule has 0 aliphatic rings. The molecule has 0 saturated heterocycles. The van der Waals surface area contributed by atoms with E-state index in [0.29, 0.717) is 24.4 Å². The second-order valence-corrected chi connectivity index (χ2v) is 4.19. The first-order valence-electron chi connectivity index (χ1n) is 6.30. The van der Waals surface area contributed by atoms with Crippen molar-refractivity contribution >= 4 is 0 Å². The zero-order valence-electron chi connectivity index (χ0n) is 11.2. The van der Waals surface area contributed by atoms with Gasteiger partial charge >= 0.3 is 0 Å². The van der Waals surface area contributed by atoms with Crippen molar-refractivity contribution in [1.29, 1.82) is 0 Å². The molecule has 0 saturated carbocycles. The first-order chi connectivity index (χ1) is 8.22. The highest BCUT2D eigenvalue weighted by molar-refractivity contribution is 4.96. The van der Waals surface area contributed by atoms with Crippen LogP contribution < -0.4 is 5.32 Å². The monoisotopic (exact) mass is 241 g/mol. The van der Waals surface area contributed by atoms with E-state index in [4.69, 9.17) is 9.26 Å². The maximum Gasteiger partial charge on any atom is 0.231 e. The molecule has 0 aliphatic carbocycles. The SMILES string of the molecule is CCCOCc1noc(C(C)C(CC)NC)n1.